The van der Waals surface area contributed by atoms with Crippen LogP contribution in [0, 0.1) is 0 Å². The van der Waals surface area contributed by atoms with Gasteiger partial charge in [0.1, 0.15) is 17.2 Å². The third-order valence-corrected chi connectivity index (χ3v) is 24.8. The van der Waals surface area contributed by atoms with Crippen molar-refractivity contribution in [3.63, 3.8) is 0 Å². The molecule has 8 heterocycles. The van der Waals surface area contributed by atoms with Crippen LogP contribution in [0.1, 0.15) is 180 Å². The van der Waals surface area contributed by atoms with E-state index in [1.165, 1.54) is 157 Å². The van der Waals surface area contributed by atoms with E-state index in [1.54, 1.807) is 66.1 Å². The Morgan fingerprint density at radius 3 is 1.02 bits per heavy atom. The molecule has 13 rings (SSSR count). The second-order valence-electron chi connectivity index (χ2n) is 24.1. The first kappa shape index (κ1) is 81.2. The number of unbranched alkanes of at least 4 members (excludes halogenated alkanes) is 9. The molecule has 524 valence electrons. The minimum atomic E-state index is -1.00. The zero-order valence-electron chi connectivity index (χ0n) is 59.7. The first-order valence-electron chi connectivity index (χ1n) is 34.5. The zero-order valence-corrected chi connectivity index (χ0v) is 69.3. The Morgan fingerprint density at radius 2 is 0.740 bits per heavy atom. The molecule has 0 saturated carbocycles. The minimum absolute atomic E-state index is 0. The SMILES string of the molecule is CC(C)(C)[O-].CCCCCCOc1ccc(/C=C/c2cc3sc4cc5c(cc4c3s2)sc2cc(/C=C/c3ccc(OCCCCCC)cc3)sc25)cc1.CCCCCCOc1ccc(COP=O)cc1.CCOCC.O=Cc1cc2sc3cc4c(cc3c2s1)sc1cc(C=O)sc14.[2H]CF.[K+]. The Kier molecular flexibility index (Phi) is 35.5. The number of thiophene rings is 8. The van der Waals surface area contributed by atoms with E-state index in [2.05, 4.69) is 130 Å². The molecule has 0 saturated heterocycles. The summed E-state index contributed by atoms with van der Waals surface area (Å²) in [5.41, 5.74) is 2.63. The van der Waals surface area contributed by atoms with Crippen LogP contribution < -0.4 is 70.7 Å². The van der Waals surface area contributed by atoms with E-state index in [1.807, 2.05) is 95.6 Å². The van der Waals surface area contributed by atoms with Crippen molar-refractivity contribution in [2.75, 3.05) is 40.2 Å². The van der Waals surface area contributed by atoms with Gasteiger partial charge in [-0.15, -0.1) is 96.3 Å². The fourth-order valence-electron chi connectivity index (χ4n) is 10.4. The molecule has 0 N–H and O–H groups in total. The molecule has 0 unspecified atom stereocenters. The van der Waals surface area contributed by atoms with Crippen LogP contribution in [-0.2, 0) is 20.4 Å². The van der Waals surface area contributed by atoms with Crippen LogP contribution >= 0.6 is 99.4 Å². The molecule has 0 aliphatic rings. The van der Waals surface area contributed by atoms with E-state index in [0.29, 0.717) is 6.61 Å². The van der Waals surface area contributed by atoms with Gasteiger partial charge in [-0.05, 0) is 147 Å². The third kappa shape index (κ3) is 25.1. The molecule has 0 radical (unpaired) electrons. The number of halogens is 1. The molecular weight excluding hydrogens is 1450 g/mol. The van der Waals surface area contributed by atoms with Crippen LogP contribution in [0.15, 0.2) is 121 Å². The van der Waals surface area contributed by atoms with Crippen molar-refractivity contribution in [2.45, 2.75) is 145 Å². The van der Waals surface area contributed by atoms with Gasteiger partial charge >= 0.3 is 60.1 Å². The van der Waals surface area contributed by atoms with Gasteiger partial charge in [-0.1, -0.05) is 148 Å². The first-order chi connectivity index (χ1) is 48.6. The summed E-state index contributed by atoms with van der Waals surface area (Å²) in [5.74, 6) is 2.79. The van der Waals surface area contributed by atoms with E-state index < -0.39 is 12.8 Å². The van der Waals surface area contributed by atoms with E-state index in [4.69, 9.17) is 24.8 Å². The van der Waals surface area contributed by atoms with Gasteiger partial charge in [-0.3, -0.25) is 18.5 Å². The summed E-state index contributed by atoms with van der Waals surface area (Å²) in [6, 6.07) is 42.5. The monoisotopic (exact) mass is 1540 g/mol. The Balaban J connectivity index is 0.000000221. The van der Waals surface area contributed by atoms with Gasteiger partial charge in [0.15, 0.2) is 12.6 Å². The van der Waals surface area contributed by atoms with Gasteiger partial charge in [0, 0.05) is 82.1 Å². The van der Waals surface area contributed by atoms with Crippen LogP contribution in [0.25, 0.3) is 102 Å². The molecule has 0 amide bonds. The quantitative estimate of drug-likeness (QED) is 0.0195. The predicted octanol–water partition coefficient (Wildman–Crippen LogP) is 24.1. The number of hydrogen-bond donors (Lipinski definition) is 0. The summed E-state index contributed by atoms with van der Waals surface area (Å²) in [6.45, 7) is 20.0. The molecule has 0 atom stereocenters. The molecular formula is C80H89FKO9PS8. The molecule has 20 heteroatoms. The molecule has 0 fully saturated rings. The molecule has 8 aromatic heterocycles. The number of hydrogen-bond acceptors (Lipinski definition) is 17. The number of carbonyl (C=O) groups is 2. The summed E-state index contributed by atoms with van der Waals surface area (Å²) < 4.78 is 68.2. The van der Waals surface area contributed by atoms with Gasteiger partial charge in [-0.25, -0.2) is 4.57 Å². The maximum absolute atomic E-state index is 11.0. The Bertz CT molecular complexity index is 4420. The van der Waals surface area contributed by atoms with E-state index >= 15 is 0 Å². The predicted molar refractivity (Wildman–Crippen MR) is 434 cm³/mol. The van der Waals surface area contributed by atoms with Crippen molar-refractivity contribution in [1.82, 2.24) is 0 Å². The third-order valence-electron chi connectivity index (χ3n) is 15.2. The van der Waals surface area contributed by atoms with Crippen molar-refractivity contribution >= 4 is 214 Å². The average Bonchev–Trinajstić information content (AvgIpc) is 1.59. The normalized spacial score (nSPS) is 11.5. The summed E-state index contributed by atoms with van der Waals surface area (Å²) >= 11 is 14.2. The maximum atomic E-state index is 11.0. The van der Waals surface area contributed by atoms with Gasteiger partial charge in [0.25, 0.3) is 0 Å². The fraction of sp³-hybridized carbons (Fsp3) is 0.350. The van der Waals surface area contributed by atoms with Crippen molar-refractivity contribution in [3.8, 4) is 17.2 Å². The second kappa shape index (κ2) is 43.7. The number of ether oxygens (including phenoxy) is 4. The molecule has 13 aromatic rings. The van der Waals surface area contributed by atoms with Gasteiger partial charge < -0.3 is 24.1 Å². The largest absolute Gasteiger partial charge is 1.00 e. The van der Waals surface area contributed by atoms with Gasteiger partial charge in [0.2, 0.25) is 0 Å². The molecule has 0 bridgehead atoms. The van der Waals surface area contributed by atoms with Crippen molar-refractivity contribution < 1.29 is 99.9 Å². The van der Waals surface area contributed by atoms with Crippen LogP contribution in [-0.4, -0.2) is 58.4 Å². The first-order valence-corrected chi connectivity index (χ1v) is 41.1. The van der Waals surface area contributed by atoms with E-state index in [-0.39, 0.29) is 60.1 Å². The molecule has 0 aliphatic heterocycles. The Labute approximate surface area is 666 Å². The standard InChI is InChI=1S/C42H42O2S4.C16H6O2S4.C13H19O3P.C4H9O.C4H10O.CH3F.K/c1-3-5-7-9-23-43-31-17-11-29(12-18-31)15-21-33-25-39-41(45-33)35-27-38-36(28-37(35)47-39)42-40(48-38)26-34(46-42)22-16-30-13-19-32(20-14-30)44-24-10-8-6-4-2;17-5-7-1-13-15(19-7)9-3-12-10(4-11(9)21-13)16-14(22-12)2-8(6-18)20-16;1-2-3-4-5-10-15-13-8-6-12(7-9-13)11-16-17-14;1-4(2,3)5;1-3-5-4-2;1-2;/h11-22,25-28H,3-10,23-24H2,1-2H3;1-6H;6-9H,2-5,10-11H2,1H3;1-3H3;3-4H2,1-2H3;1H3;/q;;;-1;;;+1/b21-15+,22-16+;;;;;;/i;;;;;1D;. The number of fused-ring (bicyclic) bond motifs is 12. The van der Waals surface area contributed by atoms with Crippen LogP contribution in [0.4, 0.5) is 4.39 Å². The number of carbonyl (C=O) groups excluding carboxylic acids is 2. The van der Waals surface area contributed by atoms with E-state index in [0.717, 1.165) is 97.4 Å². The van der Waals surface area contributed by atoms with Crippen LogP contribution in [0.3, 0.4) is 0 Å². The summed E-state index contributed by atoms with van der Waals surface area (Å²) in [5, 5.41) is 15.3. The van der Waals surface area contributed by atoms with Gasteiger partial charge in [-0.2, -0.15) is 0 Å². The van der Waals surface area contributed by atoms with Crippen molar-refractivity contribution in [3.05, 3.63) is 158 Å². The van der Waals surface area contributed by atoms with Crippen LogP contribution in [0.5, 0.6) is 17.2 Å². The van der Waals surface area contributed by atoms with Crippen molar-refractivity contribution in [1.29, 1.82) is 0 Å². The topological polar surface area (TPSA) is 120 Å². The van der Waals surface area contributed by atoms with E-state index in [9.17, 15) is 23.7 Å². The number of benzene rings is 5. The maximum Gasteiger partial charge on any atom is 1.00 e. The second-order valence-corrected chi connectivity index (χ2v) is 33.2. The molecule has 9 nitrogen and oxygen atoms in total. The summed E-state index contributed by atoms with van der Waals surface area (Å²) in [7, 11) is -1.28. The Morgan fingerprint density at radius 1 is 0.440 bits per heavy atom. The average molecular weight is 1540 g/mol. The smallest absolute Gasteiger partial charge is 0.850 e. The molecule has 0 aliphatic carbocycles. The molecule has 0 spiro atoms. The van der Waals surface area contributed by atoms with Crippen molar-refractivity contribution in [2.24, 2.45) is 0 Å². The fourth-order valence-corrected chi connectivity index (χ4v) is 20.2. The van der Waals surface area contributed by atoms with Gasteiger partial charge in [0.05, 0.1) is 63.5 Å². The Hall–Kier alpha value is -4.45. The minimum Gasteiger partial charge on any atom is -0.850 e. The number of alkyl halides is 1. The molecule has 5 aromatic carbocycles. The molecule has 100 heavy (non-hydrogen) atoms. The number of aldehydes is 2. The van der Waals surface area contributed by atoms with Crippen LogP contribution in [0.2, 0.25) is 0 Å². The number of rotatable bonds is 29. The summed E-state index contributed by atoms with van der Waals surface area (Å²) in [6.07, 6.45) is 25.4. The summed E-state index contributed by atoms with van der Waals surface area (Å²) in [4.78, 5) is 26.1. The zero-order chi connectivity index (χ0) is 71.2.